The Hall–Kier alpha value is -2.21. The fourth-order valence-corrected chi connectivity index (χ4v) is 4.59. The summed E-state index contributed by atoms with van der Waals surface area (Å²) < 4.78 is 12.6. The lowest BCUT2D eigenvalue weighted by Gasteiger charge is -2.17. The van der Waals surface area contributed by atoms with Gasteiger partial charge >= 0.3 is 0 Å². The van der Waals surface area contributed by atoms with Crippen LogP contribution in [-0.4, -0.2) is 53.2 Å². The van der Waals surface area contributed by atoms with E-state index in [0.717, 1.165) is 30.5 Å². The van der Waals surface area contributed by atoms with E-state index in [0.29, 0.717) is 23.2 Å². The van der Waals surface area contributed by atoms with E-state index in [1.54, 1.807) is 19.5 Å². The summed E-state index contributed by atoms with van der Waals surface area (Å²) in [6, 6.07) is 7.55. The maximum absolute atomic E-state index is 12.6. The minimum Gasteiger partial charge on any atom is -0.349 e. The molecule has 1 aromatic heterocycles. The van der Waals surface area contributed by atoms with Crippen molar-refractivity contribution in [1.29, 1.82) is 0 Å². The third-order valence-corrected chi connectivity index (χ3v) is 6.53. The first kappa shape index (κ1) is 21.5. The zero-order valence-corrected chi connectivity index (χ0v) is 18.2. The van der Waals surface area contributed by atoms with Crippen molar-refractivity contribution in [3.05, 3.63) is 54.0 Å². The quantitative estimate of drug-likeness (QED) is 0.515. The van der Waals surface area contributed by atoms with E-state index in [1.807, 2.05) is 24.3 Å². The molecule has 1 saturated heterocycles. The van der Waals surface area contributed by atoms with Gasteiger partial charge in [-0.25, -0.2) is 9.97 Å². The Labute approximate surface area is 175 Å². The first-order chi connectivity index (χ1) is 13.8. The van der Waals surface area contributed by atoms with Crippen molar-refractivity contribution in [1.82, 2.24) is 20.2 Å². The van der Waals surface area contributed by atoms with Crippen LogP contribution in [-0.2, 0) is 15.9 Å². The highest BCUT2D eigenvalue weighted by Gasteiger charge is 2.24. The first-order valence-electron chi connectivity index (χ1n) is 9.34. The summed E-state index contributed by atoms with van der Waals surface area (Å²) in [5, 5.41) is 7.27. The molecule has 1 aliphatic rings. The van der Waals surface area contributed by atoms with Crippen LogP contribution < -0.4 is 15.9 Å². The summed E-state index contributed by atoms with van der Waals surface area (Å²) in [5.74, 6) is 0.948. The molecule has 2 heterocycles. The zero-order chi connectivity index (χ0) is 21.0. The largest absolute Gasteiger partial charge is 0.349 e. The molecule has 7 nitrogen and oxygen atoms in total. The molecular formula is C20H25ClN5O2P. The number of rotatable bonds is 7. The number of likely N-dealkylation sites (tertiary alicyclic amines) is 1. The highest BCUT2D eigenvalue weighted by Crippen LogP contribution is 2.38. The van der Waals surface area contributed by atoms with Crippen molar-refractivity contribution >= 4 is 41.5 Å². The topological polar surface area (TPSA) is 87.2 Å². The van der Waals surface area contributed by atoms with Crippen LogP contribution in [0.15, 0.2) is 43.1 Å². The average molecular weight is 434 g/mol. The number of carbonyl (C=O) groups is 1. The number of halogens is 1. The van der Waals surface area contributed by atoms with Gasteiger partial charge in [0.25, 0.3) is 0 Å². The van der Waals surface area contributed by atoms with Gasteiger partial charge in [0.15, 0.2) is 5.82 Å². The maximum Gasteiger partial charge on any atom is 0.243 e. The third kappa shape index (κ3) is 5.66. The molecule has 3 rings (SSSR count). The van der Waals surface area contributed by atoms with Crippen LogP contribution >= 0.6 is 18.7 Å². The summed E-state index contributed by atoms with van der Waals surface area (Å²) in [4.78, 5) is 22.6. The Morgan fingerprint density at radius 2 is 2.17 bits per heavy atom. The highest BCUT2D eigenvalue weighted by atomic mass is 35.5. The van der Waals surface area contributed by atoms with E-state index in [4.69, 9.17) is 11.6 Å². The second kappa shape index (κ2) is 9.08. The van der Waals surface area contributed by atoms with E-state index in [2.05, 4.69) is 32.1 Å². The molecule has 0 radical (unpaired) electrons. The molecule has 1 amide bonds. The lowest BCUT2D eigenvalue weighted by atomic mass is 10.2. The Morgan fingerprint density at radius 3 is 2.90 bits per heavy atom. The Balaban J connectivity index is 1.72. The summed E-state index contributed by atoms with van der Waals surface area (Å²) >= 11 is 6.30. The standard InChI is InChI=1S/C20H25ClN5O2P/c1-4-19(27)23-14-9-10-26(12-14)13-18-22-11-15(21)20(25-18)24-16-7-5-6-8-17(16)29(2,3)28/h4-8,11,14H,1,9-10,12-13H2,2-3H3,(H,23,27)(H,22,24,25)/t14-/m1/s1. The number of nitrogens with zero attached hydrogens (tertiary/aromatic N) is 3. The van der Waals surface area contributed by atoms with Gasteiger partial charge in [-0.05, 0) is 38.0 Å². The molecule has 0 unspecified atom stereocenters. The monoisotopic (exact) mass is 433 g/mol. The van der Waals surface area contributed by atoms with Crippen molar-refractivity contribution in [2.75, 3.05) is 31.7 Å². The van der Waals surface area contributed by atoms with Crippen LogP contribution in [0.4, 0.5) is 11.5 Å². The average Bonchev–Trinajstić information content (AvgIpc) is 3.10. The van der Waals surface area contributed by atoms with E-state index >= 15 is 0 Å². The highest BCUT2D eigenvalue weighted by molar-refractivity contribution is 7.70. The number of benzene rings is 1. The smallest absolute Gasteiger partial charge is 0.243 e. The van der Waals surface area contributed by atoms with Gasteiger partial charge in [0.2, 0.25) is 5.91 Å². The van der Waals surface area contributed by atoms with Gasteiger partial charge in [-0.1, -0.05) is 30.3 Å². The van der Waals surface area contributed by atoms with Gasteiger partial charge in [-0.15, -0.1) is 0 Å². The fraction of sp³-hybridized carbons (Fsp3) is 0.350. The molecule has 9 heteroatoms. The van der Waals surface area contributed by atoms with Gasteiger partial charge in [-0.3, -0.25) is 9.69 Å². The molecule has 1 aromatic carbocycles. The van der Waals surface area contributed by atoms with E-state index in [-0.39, 0.29) is 11.9 Å². The van der Waals surface area contributed by atoms with Gasteiger partial charge < -0.3 is 15.2 Å². The van der Waals surface area contributed by atoms with Gasteiger partial charge in [0, 0.05) is 24.4 Å². The van der Waals surface area contributed by atoms with Crippen LogP contribution in [0.5, 0.6) is 0 Å². The number of aromatic nitrogens is 2. The normalized spacial score (nSPS) is 17.1. The van der Waals surface area contributed by atoms with Gasteiger partial charge in [0.05, 0.1) is 18.4 Å². The minimum atomic E-state index is -2.46. The van der Waals surface area contributed by atoms with Crippen LogP contribution in [0.25, 0.3) is 0 Å². The summed E-state index contributed by atoms with van der Waals surface area (Å²) in [7, 11) is -2.46. The van der Waals surface area contributed by atoms with Gasteiger partial charge in [0.1, 0.15) is 18.0 Å². The molecule has 29 heavy (non-hydrogen) atoms. The number of hydrogen-bond donors (Lipinski definition) is 2. The van der Waals surface area contributed by atoms with Crippen LogP contribution in [0, 0.1) is 0 Å². The molecule has 1 atom stereocenters. The molecule has 0 bridgehead atoms. The molecule has 0 saturated carbocycles. The van der Waals surface area contributed by atoms with Crippen molar-refractivity contribution in [3.8, 4) is 0 Å². The summed E-state index contributed by atoms with van der Waals surface area (Å²) in [6.45, 7) is 9.06. The number of amides is 1. The predicted molar refractivity (Wildman–Crippen MR) is 118 cm³/mol. The Bertz CT molecular complexity index is 962. The predicted octanol–water partition coefficient (Wildman–Crippen LogP) is 3.00. The maximum atomic E-state index is 12.6. The number of anilines is 2. The lowest BCUT2D eigenvalue weighted by molar-refractivity contribution is -0.117. The molecular weight excluding hydrogens is 409 g/mol. The molecule has 2 aromatic rings. The number of carbonyl (C=O) groups excluding carboxylic acids is 1. The van der Waals surface area contributed by atoms with E-state index in [1.165, 1.54) is 6.08 Å². The summed E-state index contributed by atoms with van der Waals surface area (Å²) in [5.41, 5.74) is 0.723. The van der Waals surface area contributed by atoms with Crippen LogP contribution in [0.1, 0.15) is 12.2 Å². The van der Waals surface area contributed by atoms with Crippen LogP contribution in [0.2, 0.25) is 5.02 Å². The lowest BCUT2D eigenvalue weighted by Crippen LogP contribution is -2.36. The van der Waals surface area contributed by atoms with Crippen molar-refractivity contribution in [2.45, 2.75) is 19.0 Å². The minimum absolute atomic E-state index is 0.0977. The van der Waals surface area contributed by atoms with Crippen molar-refractivity contribution in [3.63, 3.8) is 0 Å². The van der Waals surface area contributed by atoms with Crippen molar-refractivity contribution in [2.24, 2.45) is 0 Å². The molecule has 1 fully saturated rings. The Kier molecular flexibility index (Phi) is 6.73. The zero-order valence-electron chi connectivity index (χ0n) is 16.6. The number of nitrogens with one attached hydrogen (secondary N) is 2. The molecule has 0 spiro atoms. The molecule has 0 aliphatic carbocycles. The number of para-hydroxylation sites is 1. The first-order valence-corrected chi connectivity index (χ1v) is 12.3. The summed E-state index contributed by atoms with van der Waals surface area (Å²) in [6.07, 6.45) is 3.72. The fourth-order valence-electron chi connectivity index (χ4n) is 3.30. The van der Waals surface area contributed by atoms with Crippen LogP contribution in [0.3, 0.4) is 0 Å². The molecule has 154 valence electrons. The SMILES string of the molecule is C=CC(=O)N[C@@H]1CCN(Cc2ncc(Cl)c(Nc3ccccc3P(C)(C)=O)n2)C1. The number of hydrogen-bond acceptors (Lipinski definition) is 6. The third-order valence-electron chi connectivity index (χ3n) is 4.70. The Morgan fingerprint density at radius 1 is 1.41 bits per heavy atom. The molecule has 1 aliphatic heterocycles. The second-order valence-corrected chi connectivity index (χ2v) is 11.0. The van der Waals surface area contributed by atoms with Gasteiger partial charge in [-0.2, -0.15) is 0 Å². The molecule has 2 N–H and O–H groups in total. The van der Waals surface area contributed by atoms with Crippen molar-refractivity contribution < 1.29 is 9.36 Å². The van der Waals surface area contributed by atoms with E-state index < -0.39 is 7.14 Å². The van der Waals surface area contributed by atoms with E-state index in [9.17, 15) is 9.36 Å². The second-order valence-electron chi connectivity index (χ2n) is 7.41.